The van der Waals surface area contributed by atoms with Crippen molar-refractivity contribution in [3.05, 3.63) is 23.8 Å². The number of carbonyl (C=O) groups is 2. The summed E-state index contributed by atoms with van der Waals surface area (Å²) in [4.78, 5) is 25.1. The van der Waals surface area contributed by atoms with Crippen LogP contribution in [-0.4, -0.2) is 51.0 Å². The molecule has 9 heteroatoms. The van der Waals surface area contributed by atoms with E-state index in [1.54, 1.807) is 5.32 Å². The van der Waals surface area contributed by atoms with Crippen molar-refractivity contribution < 1.29 is 32.2 Å². The highest BCUT2D eigenvalue weighted by Gasteiger charge is 2.38. The van der Waals surface area contributed by atoms with Crippen LogP contribution in [0, 0.1) is 12.3 Å². The molecule has 1 heterocycles. The molecule has 0 unspecified atom stereocenters. The van der Waals surface area contributed by atoms with Gasteiger partial charge in [0, 0.05) is 18.8 Å². The zero-order valence-electron chi connectivity index (χ0n) is 13.1. The van der Waals surface area contributed by atoms with E-state index in [2.05, 4.69) is 5.92 Å². The summed E-state index contributed by atoms with van der Waals surface area (Å²) in [6, 6.07) is 3.86. The van der Waals surface area contributed by atoms with Gasteiger partial charge in [0.1, 0.15) is 0 Å². The van der Waals surface area contributed by atoms with E-state index in [9.17, 15) is 22.8 Å². The number of amides is 1. The third-order valence-corrected chi connectivity index (χ3v) is 3.37. The number of halogens is 3. The van der Waals surface area contributed by atoms with Gasteiger partial charge >= 0.3 is 18.1 Å². The third-order valence-electron chi connectivity index (χ3n) is 3.37. The average molecular weight is 356 g/mol. The standard InChI is InChI=1S/C16H15F3N2O4/c1-2-7-25-14(22)12-10-11(20-15(23)16(17,18)19)3-4-13(12)21-5-8-24-9-6-21/h1,3-4,10H,5-9H2,(H,20,23). The lowest BCUT2D eigenvalue weighted by molar-refractivity contribution is -0.167. The Hall–Kier alpha value is -2.73. The van der Waals surface area contributed by atoms with Gasteiger partial charge in [0.05, 0.1) is 24.5 Å². The number of alkyl halides is 3. The molecule has 1 aromatic carbocycles. The molecule has 134 valence electrons. The molecule has 1 amide bonds. The first kappa shape index (κ1) is 18.6. The van der Waals surface area contributed by atoms with Crippen molar-refractivity contribution in [3.8, 4) is 12.3 Å². The third kappa shape index (κ3) is 4.87. The first-order valence-electron chi connectivity index (χ1n) is 7.28. The van der Waals surface area contributed by atoms with Crippen molar-refractivity contribution in [2.75, 3.05) is 43.1 Å². The number of hydrogen-bond donors (Lipinski definition) is 1. The van der Waals surface area contributed by atoms with Crippen molar-refractivity contribution >= 4 is 23.3 Å². The smallest absolute Gasteiger partial charge is 0.449 e. The Morgan fingerprint density at radius 1 is 1.32 bits per heavy atom. The fourth-order valence-electron chi connectivity index (χ4n) is 2.24. The van der Waals surface area contributed by atoms with E-state index >= 15 is 0 Å². The second-order valence-corrected chi connectivity index (χ2v) is 5.06. The van der Waals surface area contributed by atoms with Crippen LogP contribution >= 0.6 is 0 Å². The van der Waals surface area contributed by atoms with Gasteiger partial charge in [-0.15, -0.1) is 6.42 Å². The highest BCUT2D eigenvalue weighted by atomic mass is 19.4. The van der Waals surface area contributed by atoms with Crippen molar-refractivity contribution in [1.82, 2.24) is 0 Å². The first-order chi connectivity index (χ1) is 11.8. The number of terminal acetylenes is 1. The molecule has 6 nitrogen and oxygen atoms in total. The maximum Gasteiger partial charge on any atom is 0.471 e. The maximum atomic E-state index is 12.4. The summed E-state index contributed by atoms with van der Waals surface area (Å²) in [5.74, 6) is -0.780. The van der Waals surface area contributed by atoms with Crippen LogP contribution in [0.2, 0.25) is 0 Å². The summed E-state index contributed by atoms with van der Waals surface area (Å²) in [6.45, 7) is 1.63. The highest BCUT2D eigenvalue weighted by molar-refractivity contribution is 6.00. The van der Waals surface area contributed by atoms with Crippen molar-refractivity contribution in [2.24, 2.45) is 0 Å². The number of ether oxygens (including phenoxy) is 2. The molecular weight excluding hydrogens is 341 g/mol. The van der Waals surface area contributed by atoms with Crippen LogP contribution in [0.3, 0.4) is 0 Å². The summed E-state index contributed by atoms with van der Waals surface area (Å²) >= 11 is 0. The summed E-state index contributed by atoms with van der Waals surface area (Å²) in [7, 11) is 0. The van der Waals surface area contributed by atoms with Gasteiger partial charge < -0.3 is 19.7 Å². The fourth-order valence-corrected chi connectivity index (χ4v) is 2.24. The SMILES string of the molecule is C#CCOC(=O)c1cc(NC(=O)C(F)(F)F)ccc1N1CCOCC1. The molecule has 1 N–H and O–H groups in total. The predicted octanol–water partition coefficient (Wildman–Crippen LogP) is 1.81. The number of carbonyl (C=O) groups excluding carboxylic acids is 2. The van der Waals surface area contributed by atoms with E-state index < -0.39 is 18.1 Å². The van der Waals surface area contributed by atoms with E-state index in [-0.39, 0.29) is 17.9 Å². The molecule has 0 aliphatic carbocycles. The molecule has 1 saturated heterocycles. The Morgan fingerprint density at radius 2 is 2.00 bits per heavy atom. The van der Waals surface area contributed by atoms with Crippen LogP contribution in [-0.2, 0) is 14.3 Å². The Kier molecular flexibility index (Phi) is 5.88. The molecule has 0 radical (unpaired) electrons. The average Bonchev–Trinajstić information content (AvgIpc) is 2.59. The lowest BCUT2D eigenvalue weighted by Crippen LogP contribution is -2.37. The topological polar surface area (TPSA) is 67.9 Å². The fraction of sp³-hybridized carbons (Fsp3) is 0.375. The molecule has 0 aromatic heterocycles. The number of nitrogens with zero attached hydrogens (tertiary/aromatic N) is 1. The van der Waals surface area contributed by atoms with Crippen LogP contribution in [0.1, 0.15) is 10.4 Å². The molecule has 1 aliphatic rings. The minimum absolute atomic E-state index is 0.0112. The number of esters is 1. The normalized spacial score (nSPS) is 14.6. The Labute approximate surface area is 141 Å². The summed E-state index contributed by atoms with van der Waals surface area (Å²) < 4.78 is 47.2. The number of morpholine rings is 1. The van der Waals surface area contributed by atoms with Crippen LogP contribution < -0.4 is 10.2 Å². The van der Waals surface area contributed by atoms with Crippen LogP contribution in [0.25, 0.3) is 0 Å². The van der Waals surface area contributed by atoms with Crippen LogP contribution in [0.4, 0.5) is 24.5 Å². The number of anilines is 2. The minimum Gasteiger partial charge on any atom is -0.449 e. The van der Waals surface area contributed by atoms with Crippen LogP contribution in [0.5, 0.6) is 0 Å². The molecular formula is C16H15F3N2O4. The molecule has 0 spiro atoms. The minimum atomic E-state index is -5.03. The van der Waals surface area contributed by atoms with Crippen molar-refractivity contribution in [3.63, 3.8) is 0 Å². The summed E-state index contributed by atoms with van der Waals surface area (Å²) in [5, 5.41) is 1.71. The van der Waals surface area contributed by atoms with Gasteiger partial charge in [0.25, 0.3) is 0 Å². The van der Waals surface area contributed by atoms with Crippen molar-refractivity contribution in [1.29, 1.82) is 0 Å². The first-order valence-corrected chi connectivity index (χ1v) is 7.28. The number of hydrogen-bond acceptors (Lipinski definition) is 5. The molecule has 0 atom stereocenters. The van der Waals surface area contributed by atoms with Gasteiger partial charge in [0.15, 0.2) is 6.61 Å². The summed E-state index contributed by atoms with van der Waals surface area (Å²) in [5.41, 5.74) is 0.305. The maximum absolute atomic E-state index is 12.4. The Bertz CT molecular complexity index is 692. The number of nitrogens with one attached hydrogen (secondary N) is 1. The van der Waals surface area contributed by atoms with Gasteiger partial charge in [-0.3, -0.25) is 4.79 Å². The van der Waals surface area contributed by atoms with E-state index in [0.29, 0.717) is 32.0 Å². The number of benzene rings is 1. The van der Waals surface area contributed by atoms with E-state index in [0.717, 1.165) is 6.07 Å². The lowest BCUT2D eigenvalue weighted by atomic mass is 10.1. The quantitative estimate of drug-likeness (QED) is 0.658. The van der Waals surface area contributed by atoms with Gasteiger partial charge in [-0.05, 0) is 18.2 Å². The Balaban J connectivity index is 2.31. The molecule has 1 aliphatic heterocycles. The lowest BCUT2D eigenvalue weighted by Gasteiger charge is -2.30. The van der Waals surface area contributed by atoms with Gasteiger partial charge in [-0.25, -0.2) is 4.79 Å². The van der Waals surface area contributed by atoms with E-state index in [4.69, 9.17) is 15.9 Å². The molecule has 0 saturated carbocycles. The Morgan fingerprint density at radius 3 is 2.60 bits per heavy atom. The van der Waals surface area contributed by atoms with Gasteiger partial charge in [-0.1, -0.05) is 5.92 Å². The summed E-state index contributed by atoms with van der Waals surface area (Å²) in [6.07, 6.45) is 0.00854. The van der Waals surface area contributed by atoms with E-state index in [1.165, 1.54) is 12.1 Å². The molecule has 1 fully saturated rings. The number of rotatable bonds is 4. The second kappa shape index (κ2) is 7.90. The van der Waals surface area contributed by atoms with E-state index in [1.807, 2.05) is 4.90 Å². The predicted molar refractivity (Wildman–Crippen MR) is 83.3 cm³/mol. The molecule has 25 heavy (non-hydrogen) atoms. The monoisotopic (exact) mass is 356 g/mol. The zero-order chi connectivity index (χ0) is 18.4. The largest absolute Gasteiger partial charge is 0.471 e. The van der Waals surface area contributed by atoms with Crippen LogP contribution in [0.15, 0.2) is 18.2 Å². The second-order valence-electron chi connectivity index (χ2n) is 5.06. The van der Waals surface area contributed by atoms with Gasteiger partial charge in [0.2, 0.25) is 0 Å². The zero-order valence-corrected chi connectivity index (χ0v) is 13.1. The molecule has 0 bridgehead atoms. The van der Waals surface area contributed by atoms with Gasteiger partial charge in [-0.2, -0.15) is 13.2 Å². The highest BCUT2D eigenvalue weighted by Crippen LogP contribution is 2.27. The molecule has 1 aromatic rings. The van der Waals surface area contributed by atoms with Crippen molar-refractivity contribution in [2.45, 2.75) is 6.18 Å². The molecule has 2 rings (SSSR count).